The minimum absolute atomic E-state index is 0.0394. The molecule has 0 amide bonds. The molecule has 22 heteroatoms. The molecular formula is C52H84O22. The number of hydrogen-bond donors (Lipinski definition) is 13. The zero-order valence-electron chi connectivity index (χ0n) is 43.4. The predicted molar refractivity (Wildman–Crippen MR) is 252 cm³/mol. The fraction of sp³-hybridized carbons (Fsp3) is 0.942. The van der Waals surface area contributed by atoms with Crippen LogP contribution in [0.5, 0.6) is 0 Å². The molecule has 4 heterocycles. The quantitative estimate of drug-likeness (QED) is 0.0618. The van der Waals surface area contributed by atoms with Gasteiger partial charge in [-0.2, -0.15) is 0 Å². The number of carbonyl (C=O) groups excluding carboxylic acids is 1. The second kappa shape index (κ2) is 20.8. The number of esters is 1. The lowest BCUT2D eigenvalue weighted by atomic mass is 9.33. The lowest BCUT2D eigenvalue weighted by molar-refractivity contribution is -0.358. The van der Waals surface area contributed by atoms with Gasteiger partial charge in [0.25, 0.3) is 0 Å². The zero-order chi connectivity index (χ0) is 53.8. The van der Waals surface area contributed by atoms with E-state index in [1.807, 2.05) is 6.92 Å². The van der Waals surface area contributed by atoms with E-state index >= 15 is 4.79 Å². The second-order valence-corrected chi connectivity index (χ2v) is 25.3. The van der Waals surface area contributed by atoms with Crippen molar-refractivity contribution in [3.63, 3.8) is 0 Å². The molecule has 0 radical (unpaired) electrons. The summed E-state index contributed by atoms with van der Waals surface area (Å²) in [5.41, 5.74) is -1.68. The van der Waals surface area contributed by atoms with Crippen molar-refractivity contribution in [2.24, 2.45) is 50.2 Å². The zero-order valence-corrected chi connectivity index (χ0v) is 43.4. The second-order valence-electron chi connectivity index (χ2n) is 25.3. The van der Waals surface area contributed by atoms with Crippen LogP contribution in [0, 0.1) is 50.2 Å². The number of allylic oxidation sites excluding steroid dienone is 2. The molecule has 4 saturated carbocycles. The summed E-state index contributed by atoms with van der Waals surface area (Å²) in [6, 6.07) is 0. The third kappa shape index (κ3) is 9.26. The largest absolute Gasteiger partial charge is 0.432 e. The molecule has 5 aliphatic carbocycles. The number of aliphatic hydroxyl groups is 13. The highest BCUT2D eigenvalue weighted by Crippen LogP contribution is 2.76. The molecule has 0 spiro atoms. The lowest BCUT2D eigenvalue weighted by Gasteiger charge is -2.71. The Morgan fingerprint density at radius 1 is 0.622 bits per heavy atom. The monoisotopic (exact) mass is 1060 g/mol. The maximum atomic E-state index is 15.1. The van der Waals surface area contributed by atoms with Crippen LogP contribution < -0.4 is 0 Å². The van der Waals surface area contributed by atoms with Gasteiger partial charge in [0.15, 0.2) is 18.9 Å². The van der Waals surface area contributed by atoms with E-state index in [0.29, 0.717) is 38.5 Å². The van der Waals surface area contributed by atoms with Gasteiger partial charge in [-0.3, -0.25) is 4.79 Å². The van der Waals surface area contributed by atoms with Crippen molar-refractivity contribution in [2.45, 2.75) is 222 Å². The van der Waals surface area contributed by atoms with E-state index in [-0.39, 0.29) is 59.2 Å². The fourth-order valence-corrected chi connectivity index (χ4v) is 15.9. The molecule has 424 valence electrons. The average molecular weight is 1060 g/mol. The minimum Gasteiger partial charge on any atom is -0.432 e. The Bertz CT molecular complexity index is 2030. The van der Waals surface area contributed by atoms with E-state index in [2.05, 4.69) is 40.7 Å². The van der Waals surface area contributed by atoms with Gasteiger partial charge in [-0.05, 0) is 104 Å². The summed E-state index contributed by atoms with van der Waals surface area (Å²) in [6.07, 6.45) is -19.7. The summed E-state index contributed by atoms with van der Waals surface area (Å²) in [5.74, 6) is -0.723. The highest BCUT2D eigenvalue weighted by Gasteiger charge is 2.70. The highest BCUT2D eigenvalue weighted by molar-refractivity contribution is 5.79. The van der Waals surface area contributed by atoms with Gasteiger partial charge in [-0.25, -0.2) is 0 Å². The first kappa shape index (κ1) is 57.1. The van der Waals surface area contributed by atoms with Crippen LogP contribution in [0.25, 0.3) is 0 Å². The number of fused-ring (bicyclic) bond motifs is 7. The molecule has 0 aromatic carbocycles. The summed E-state index contributed by atoms with van der Waals surface area (Å²) >= 11 is 0. The Morgan fingerprint density at radius 3 is 1.91 bits per heavy atom. The van der Waals surface area contributed by atoms with Crippen LogP contribution in [-0.4, -0.2) is 222 Å². The Balaban J connectivity index is 0.931. The summed E-state index contributed by atoms with van der Waals surface area (Å²) in [4.78, 5) is 15.1. The Kier molecular flexibility index (Phi) is 16.1. The van der Waals surface area contributed by atoms with E-state index in [0.717, 1.165) is 25.7 Å². The standard InChI is InChI=1S/C52H84O22/c1-47(2)13-15-52(46(66)74-44-40(65)37(62)35(60)28(71-44)21-69-42-39(64)36(61)34(59)27(18-53)70-42)16-14-50(5)23(24(52)17-47)7-8-30-48(3)11-10-31(49(4,22-54)29(48)9-12-51(30,50)6)72-45-41(33(58)26(56)20-68-45)73-43-38(63)32(57)25(55)19-67-43/h7,24-45,53-65H,8-22H2,1-6H3/t24-,25-,26+,27-,28-,29-,30-,31-,32+,33+,34-,35-,36+,37+,38-,39-,40-,41-,42-,43+,44+,45+,48+,49+,50-,51-,52-/m1/s1. The van der Waals surface area contributed by atoms with Crippen LogP contribution in [-0.2, 0) is 42.7 Å². The van der Waals surface area contributed by atoms with Gasteiger partial charge >= 0.3 is 5.97 Å². The molecule has 13 N–H and O–H groups in total. The minimum atomic E-state index is -1.84. The predicted octanol–water partition coefficient (Wildman–Crippen LogP) is -1.78. The van der Waals surface area contributed by atoms with Crippen molar-refractivity contribution < 1.29 is 109 Å². The van der Waals surface area contributed by atoms with E-state index < -0.39 is 147 Å². The first-order chi connectivity index (χ1) is 34.7. The maximum Gasteiger partial charge on any atom is 0.315 e. The number of carbonyl (C=O) groups is 1. The molecular weight excluding hydrogens is 977 g/mol. The van der Waals surface area contributed by atoms with Crippen LogP contribution in [0.3, 0.4) is 0 Å². The van der Waals surface area contributed by atoms with Gasteiger partial charge in [0.1, 0.15) is 85.5 Å². The summed E-state index contributed by atoms with van der Waals surface area (Å²) in [7, 11) is 0. The van der Waals surface area contributed by atoms with Crippen molar-refractivity contribution in [2.75, 3.05) is 33.0 Å². The van der Waals surface area contributed by atoms with Gasteiger partial charge < -0.3 is 104 Å². The van der Waals surface area contributed by atoms with Gasteiger partial charge in [-0.15, -0.1) is 0 Å². The van der Waals surface area contributed by atoms with E-state index in [1.54, 1.807) is 0 Å². The van der Waals surface area contributed by atoms with Gasteiger partial charge in [0, 0.05) is 5.41 Å². The van der Waals surface area contributed by atoms with Crippen LogP contribution in [0.15, 0.2) is 11.6 Å². The molecule has 8 fully saturated rings. The molecule has 0 aromatic heterocycles. The number of rotatable bonds is 11. The summed E-state index contributed by atoms with van der Waals surface area (Å²) in [5, 5.41) is 138. The molecule has 27 atom stereocenters. The van der Waals surface area contributed by atoms with Gasteiger partial charge in [0.05, 0.1) is 44.6 Å². The summed E-state index contributed by atoms with van der Waals surface area (Å²) < 4.78 is 47.3. The SMILES string of the molecule is CC1(C)CC[C@@]2(C(=O)O[C@@H]3O[C@H](CO[C@@H]4O[C@H](CO)[C@@H](O)[C@H](O)[C@H]4O)[C@@H](O)[C@H](O)[C@H]3O)CC[C@]3(C)C(=CC[C@@H]4[C@@]5(C)CC[C@@H](O[C@@H]6OC[C@H](O)[C@H](O)[C@H]6O[C@@H]6OC[C@@H](O)[C@H](O)[C@H]6O)[C@@](C)(CO)[C@@H]5CC[C@]43C)[C@H]2C1. The normalized spacial score (nSPS) is 54.4. The lowest BCUT2D eigenvalue weighted by Crippen LogP contribution is -2.67. The van der Waals surface area contributed by atoms with E-state index in [9.17, 15) is 66.4 Å². The van der Waals surface area contributed by atoms with Crippen molar-refractivity contribution in [1.82, 2.24) is 0 Å². The van der Waals surface area contributed by atoms with Crippen molar-refractivity contribution in [3.8, 4) is 0 Å². The molecule has 9 rings (SSSR count). The Morgan fingerprint density at radius 2 is 1.23 bits per heavy atom. The highest BCUT2D eigenvalue weighted by atomic mass is 16.8. The van der Waals surface area contributed by atoms with Crippen molar-refractivity contribution >= 4 is 5.97 Å². The fourth-order valence-electron chi connectivity index (χ4n) is 15.9. The Hall–Kier alpha value is -1.59. The molecule has 9 aliphatic rings. The molecule has 0 bridgehead atoms. The van der Waals surface area contributed by atoms with Crippen LogP contribution >= 0.6 is 0 Å². The average Bonchev–Trinajstić information content (AvgIpc) is 3.36. The number of ether oxygens (including phenoxy) is 8. The van der Waals surface area contributed by atoms with Crippen molar-refractivity contribution in [3.05, 3.63) is 11.6 Å². The smallest absolute Gasteiger partial charge is 0.315 e. The molecule has 0 unspecified atom stereocenters. The third-order valence-electron chi connectivity index (χ3n) is 20.8. The third-order valence-corrected chi connectivity index (χ3v) is 20.8. The topological polar surface area (TPSA) is 354 Å². The molecule has 74 heavy (non-hydrogen) atoms. The Labute approximate surface area is 431 Å². The first-order valence-electron chi connectivity index (χ1n) is 26.8. The molecule has 22 nitrogen and oxygen atoms in total. The maximum absolute atomic E-state index is 15.1. The van der Waals surface area contributed by atoms with Gasteiger partial charge in [-0.1, -0.05) is 53.2 Å². The molecule has 4 aliphatic heterocycles. The van der Waals surface area contributed by atoms with Gasteiger partial charge in [0.2, 0.25) is 6.29 Å². The molecule has 0 aromatic rings. The van der Waals surface area contributed by atoms with Crippen LogP contribution in [0.2, 0.25) is 0 Å². The number of aliphatic hydroxyl groups excluding tert-OH is 13. The number of hydrogen-bond acceptors (Lipinski definition) is 22. The first-order valence-corrected chi connectivity index (χ1v) is 26.8. The van der Waals surface area contributed by atoms with Crippen molar-refractivity contribution in [1.29, 1.82) is 0 Å². The van der Waals surface area contributed by atoms with Crippen LogP contribution in [0.1, 0.15) is 106 Å². The van der Waals surface area contributed by atoms with Crippen LogP contribution in [0.4, 0.5) is 0 Å². The van der Waals surface area contributed by atoms with E-state index in [4.69, 9.17) is 37.9 Å². The molecule has 4 saturated heterocycles. The van der Waals surface area contributed by atoms with E-state index in [1.165, 1.54) is 5.57 Å². The summed E-state index contributed by atoms with van der Waals surface area (Å²) in [6.45, 7) is 11.4.